The standard InChI is InChI=1S/C16H15NOS/c1-11(18)10-12-6-2-3-7-13(12)16-17-14-8-4-5-9-15(14)19-16/h2-9,11,18H,10H2,1H3. The zero-order valence-corrected chi connectivity index (χ0v) is 11.5. The molecule has 2 aromatic carbocycles. The fourth-order valence-electron chi connectivity index (χ4n) is 2.21. The predicted molar refractivity (Wildman–Crippen MR) is 80.4 cm³/mol. The molecule has 0 radical (unpaired) electrons. The molecular weight excluding hydrogens is 254 g/mol. The minimum Gasteiger partial charge on any atom is -0.393 e. The second-order valence-corrected chi connectivity index (χ2v) is 5.73. The molecule has 0 aliphatic heterocycles. The first-order valence-electron chi connectivity index (χ1n) is 6.36. The van der Waals surface area contributed by atoms with Gasteiger partial charge in [-0.3, -0.25) is 0 Å². The van der Waals surface area contributed by atoms with Crippen molar-refractivity contribution in [3.05, 3.63) is 54.1 Å². The summed E-state index contributed by atoms with van der Waals surface area (Å²) in [7, 11) is 0. The molecule has 0 saturated heterocycles. The number of benzene rings is 2. The van der Waals surface area contributed by atoms with Gasteiger partial charge in [-0.05, 0) is 31.0 Å². The minimum absolute atomic E-state index is 0.337. The van der Waals surface area contributed by atoms with Crippen LogP contribution in [0.5, 0.6) is 0 Å². The van der Waals surface area contributed by atoms with Gasteiger partial charge in [0.25, 0.3) is 0 Å². The van der Waals surface area contributed by atoms with Crippen LogP contribution in [0.15, 0.2) is 48.5 Å². The molecule has 0 fully saturated rings. The van der Waals surface area contributed by atoms with E-state index in [1.165, 1.54) is 4.70 Å². The van der Waals surface area contributed by atoms with Crippen LogP contribution in [-0.4, -0.2) is 16.2 Å². The lowest BCUT2D eigenvalue weighted by Crippen LogP contribution is -2.05. The van der Waals surface area contributed by atoms with Gasteiger partial charge in [0.05, 0.1) is 16.3 Å². The first-order valence-corrected chi connectivity index (χ1v) is 7.17. The summed E-state index contributed by atoms with van der Waals surface area (Å²) in [4.78, 5) is 4.69. The average Bonchev–Trinajstić information content (AvgIpc) is 2.82. The SMILES string of the molecule is CC(O)Cc1ccccc1-c1nc2ccccc2s1. The second kappa shape index (κ2) is 5.11. The Labute approximate surface area is 116 Å². The molecule has 1 unspecified atom stereocenters. The monoisotopic (exact) mass is 269 g/mol. The molecule has 1 heterocycles. The van der Waals surface area contributed by atoms with Gasteiger partial charge in [-0.15, -0.1) is 11.3 Å². The van der Waals surface area contributed by atoms with Gasteiger partial charge in [0.15, 0.2) is 0 Å². The lowest BCUT2D eigenvalue weighted by molar-refractivity contribution is 0.195. The van der Waals surface area contributed by atoms with Gasteiger partial charge in [0.2, 0.25) is 0 Å². The van der Waals surface area contributed by atoms with Crippen molar-refractivity contribution in [1.29, 1.82) is 0 Å². The molecule has 0 aliphatic rings. The number of thiazole rings is 1. The molecule has 0 saturated carbocycles. The fourth-order valence-corrected chi connectivity index (χ4v) is 3.24. The maximum atomic E-state index is 9.60. The van der Waals surface area contributed by atoms with Crippen molar-refractivity contribution in [2.24, 2.45) is 0 Å². The molecule has 1 aromatic heterocycles. The van der Waals surface area contributed by atoms with Crippen LogP contribution < -0.4 is 0 Å². The number of hydrogen-bond acceptors (Lipinski definition) is 3. The van der Waals surface area contributed by atoms with E-state index in [-0.39, 0.29) is 6.10 Å². The summed E-state index contributed by atoms with van der Waals surface area (Å²) >= 11 is 1.70. The van der Waals surface area contributed by atoms with Gasteiger partial charge in [0.1, 0.15) is 5.01 Å². The van der Waals surface area contributed by atoms with Crippen molar-refractivity contribution in [3.63, 3.8) is 0 Å². The number of para-hydroxylation sites is 1. The number of aliphatic hydroxyl groups excluding tert-OH is 1. The molecule has 2 nitrogen and oxygen atoms in total. The molecule has 96 valence electrons. The smallest absolute Gasteiger partial charge is 0.124 e. The number of hydrogen-bond donors (Lipinski definition) is 1. The van der Waals surface area contributed by atoms with Crippen LogP contribution in [0.3, 0.4) is 0 Å². The number of rotatable bonds is 3. The summed E-state index contributed by atoms with van der Waals surface area (Å²) in [6.07, 6.45) is 0.321. The topological polar surface area (TPSA) is 33.1 Å². The zero-order valence-electron chi connectivity index (χ0n) is 10.7. The van der Waals surface area contributed by atoms with Crippen molar-refractivity contribution in [1.82, 2.24) is 4.98 Å². The molecule has 0 aliphatic carbocycles. The van der Waals surface area contributed by atoms with E-state index < -0.39 is 0 Å². The lowest BCUT2D eigenvalue weighted by Gasteiger charge is -2.08. The Balaban J connectivity index is 2.10. The van der Waals surface area contributed by atoms with Crippen molar-refractivity contribution in [2.75, 3.05) is 0 Å². The highest BCUT2D eigenvalue weighted by Gasteiger charge is 2.11. The summed E-state index contributed by atoms with van der Waals surface area (Å²) in [6.45, 7) is 1.81. The number of aromatic nitrogens is 1. The molecule has 3 heteroatoms. The lowest BCUT2D eigenvalue weighted by atomic mass is 10.0. The van der Waals surface area contributed by atoms with Crippen LogP contribution in [0.25, 0.3) is 20.8 Å². The van der Waals surface area contributed by atoms with Crippen LogP contribution in [0.1, 0.15) is 12.5 Å². The summed E-state index contributed by atoms with van der Waals surface area (Å²) in [6, 6.07) is 16.3. The largest absolute Gasteiger partial charge is 0.393 e. The Bertz CT molecular complexity index is 670. The van der Waals surface area contributed by atoms with Crippen molar-refractivity contribution < 1.29 is 5.11 Å². The molecule has 3 aromatic rings. The van der Waals surface area contributed by atoms with Crippen molar-refractivity contribution in [2.45, 2.75) is 19.4 Å². The molecule has 0 spiro atoms. The Kier molecular flexibility index (Phi) is 3.32. The quantitative estimate of drug-likeness (QED) is 0.782. The third-order valence-electron chi connectivity index (χ3n) is 3.06. The summed E-state index contributed by atoms with van der Waals surface area (Å²) in [5, 5.41) is 10.6. The molecule has 0 bridgehead atoms. The van der Waals surface area contributed by atoms with Crippen LogP contribution in [0, 0.1) is 0 Å². The van der Waals surface area contributed by atoms with E-state index in [0.717, 1.165) is 21.7 Å². The van der Waals surface area contributed by atoms with Crippen LogP contribution in [0.2, 0.25) is 0 Å². The van der Waals surface area contributed by atoms with E-state index in [4.69, 9.17) is 0 Å². The van der Waals surface area contributed by atoms with Gasteiger partial charge >= 0.3 is 0 Å². The summed E-state index contributed by atoms with van der Waals surface area (Å²) < 4.78 is 1.20. The third kappa shape index (κ3) is 2.53. The fraction of sp³-hybridized carbons (Fsp3) is 0.188. The Morgan fingerprint density at radius 3 is 2.63 bits per heavy atom. The van der Waals surface area contributed by atoms with Crippen LogP contribution >= 0.6 is 11.3 Å². The highest BCUT2D eigenvalue weighted by atomic mass is 32.1. The van der Waals surface area contributed by atoms with E-state index >= 15 is 0 Å². The number of nitrogens with zero attached hydrogens (tertiary/aromatic N) is 1. The Hall–Kier alpha value is -1.71. The zero-order chi connectivity index (χ0) is 13.2. The van der Waals surface area contributed by atoms with Crippen molar-refractivity contribution in [3.8, 4) is 10.6 Å². The Morgan fingerprint density at radius 1 is 1.11 bits per heavy atom. The van der Waals surface area contributed by atoms with E-state index in [0.29, 0.717) is 6.42 Å². The Morgan fingerprint density at radius 2 is 1.84 bits per heavy atom. The third-order valence-corrected chi connectivity index (χ3v) is 4.13. The normalized spacial score (nSPS) is 12.7. The highest BCUT2D eigenvalue weighted by Crippen LogP contribution is 2.32. The number of fused-ring (bicyclic) bond motifs is 1. The van der Waals surface area contributed by atoms with Gasteiger partial charge in [0, 0.05) is 5.56 Å². The van der Waals surface area contributed by atoms with Crippen LogP contribution in [0.4, 0.5) is 0 Å². The van der Waals surface area contributed by atoms with Gasteiger partial charge in [-0.1, -0.05) is 36.4 Å². The summed E-state index contributed by atoms with van der Waals surface area (Å²) in [5.74, 6) is 0. The number of aliphatic hydroxyl groups is 1. The molecule has 19 heavy (non-hydrogen) atoms. The first kappa shape index (κ1) is 12.3. The van der Waals surface area contributed by atoms with Gasteiger partial charge < -0.3 is 5.11 Å². The molecule has 0 amide bonds. The molecular formula is C16H15NOS. The molecule has 3 rings (SSSR count). The maximum Gasteiger partial charge on any atom is 0.124 e. The van der Waals surface area contributed by atoms with Crippen LogP contribution in [-0.2, 0) is 6.42 Å². The van der Waals surface area contributed by atoms with E-state index in [9.17, 15) is 5.11 Å². The van der Waals surface area contributed by atoms with E-state index in [1.54, 1.807) is 11.3 Å². The minimum atomic E-state index is -0.337. The molecule has 1 atom stereocenters. The second-order valence-electron chi connectivity index (χ2n) is 4.70. The van der Waals surface area contributed by atoms with Gasteiger partial charge in [-0.2, -0.15) is 0 Å². The van der Waals surface area contributed by atoms with E-state index in [2.05, 4.69) is 23.2 Å². The average molecular weight is 269 g/mol. The summed E-state index contributed by atoms with van der Waals surface area (Å²) in [5.41, 5.74) is 3.32. The maximum absolute atomic E-state index is 9.60. The van der Waals surface area contributed by atoms with Gasteiger partial charge in [-0.25, -0.2) is 4.98 Å². The molecule has 1 N–H and O–H groups in total. The predicted octanol–water partition coefficient (Wildman–Crippen LogP) is 3.89. The highest BCUT2D eigenvalue weighted by molar-refractivity contribution is 7.21. The van der Waals surface area contributed by atoms with E-state index in [1.807, 2.05) is 37.3 Å². The first-order chi connectivity index (χ1) is 9.24. The van der Waals surface area contributed by atoms with Crippen molar-refractivity contribution >= 4 is 21.6 Å².